The van der Waals surface area contributed by atoms with Crippen LogP contribution in [0.1, 0.15) is 33.3 Å². The van der Waals surface area contributed by atoms with Crippen molar-refractivity contribution in [3.8, 4) is 5.88 Å². The van der Waals surface area contributed by atoms with Gasteiger partial charge in [-0.1, -0.05) is 20.8 Å². The predicted octanol–water partition coefficient (Wildman–Crippen LogP) is 3.64. The van der Waals surface area contributed by atoms with Crippen LogP contribution in [0.5, 0.6) is 5.88 Å². The van der Waals surface area contributed by atoms with Gasteiger partial charge in [-0.05, 0) is 19.5 Å². The fourth-order valence-corrected chi connectivity index (χ4v) is 1.30. The van der Waals surface area contributed by atoms with Gasteiger partial charge < -0.3 is 10.1 Å². The highest BCUT2D eigenvalue weighted by Gasteiger charge is 2.32. The minimum atomic E-state index is -4.61. The molecular formula is C13H20F4N2O. The van der Waals surface area contributed by atoms with Crippen molar-refractivity contribution in [1.82, 2.24) is 10.3 Å². The first kappa shape index (κ1) is 18.6. The summed E-state index contributed by atoms with van der Waals surface area (Å²) in [7, 11) is 0. The number of halogens is 4. The second kappa shape index (κ2) is 8.73. The molecule has 116 valence electrons. The Morgan fingerprint density at radius 3 is 2.40 bits per heavy atom. The van der Waals surface area contributed by atoms with E-state index in [1.165, 1.54) is 0 Å². The summed E-state index contributed by atoms with van der Waals surface area (Å²) in [4.78, 5) is 3.33. The number of ether oxygens (including phenoxy) is 1. The van der Waals surface area contributed by atoms with Gasteiger partial charge in [0.25, 0.3) is 0 Å². The Hall–Kier alpha value is -1.37. The fraction of sp³-hybridized carbons (Fsp3) is 0.615. The van der Waals surface area contributed by atoms with Crippen molar-refractivity contribution < 1.29 is 22.3 Å². The van der Waals surface area contributed by atoms with E-state index in [1.54, 1.807) is 0 Å². The molecule has 0 radical (unpaired) electrons. The van der Waals surface area contributed by atoms with Gasteiger partial charge in [0, 0.05) is 12.2 Å². The van der Waals surface area contributed by atoms with E-state index in [0.29, 0.717) is 18.8 Å². The molecule has 1 heterocycles. The SMILES string of the molecule is CC.CCNC(C)COc1ncc(C(F)(F)F)cc1F. The van der Waals surface area contributed by atoms with Gasteiger partial charge in [0.1, 0.15) is 6.61 Å². The Morgan fingerprint density at radius 1 is 1.35 bits per heavy atom. The summed E-state index contributed by atoms with van der Waals surface area (Å²) in [6, 6.07) is 0.332. The van der Waals surface area contributed by atoms with Crippen molar-refractivity contribution in [2.45, 2.75) is 39.9 Å². The number of hydrogen-bond donors (Lipinski definition) is 1. The van der Waals surface area contributed by atoms with Gasteiger partial charge in [-0.15, -0.1) is 0 Å². The maximum absolute atomic E-state index is 13.3. The van der Waals surface area contributed by atoms with E-state index in [9.17, 15) is 17.6 Å². The van der Waals surface area contributed by atoms with Crippen molar-refractivity contribution in [1.29, 1.82) is 0 Å². The maximum atomic E-state index is 13.3. The number of nitrogens with one attached hydrogen (secondary N) is 1. The third-order valence-corrected chi connectivity index (χ3v) is 2.16. The van der Waals surface area contributed by atoms with Crippen LogP contribution in [0.4, 0.5) is 17.6 Å². The molecule has 3 nitrogen and oxygen atoms in total. The standard InChI is InChI=1S/C11H14F4N2O.C2H6/c1-3-16-7(2)6-18-10-9(12)4-8(5-17-10)11(13,14)15;1-2/h4-5,7,16H,3,6H2,1-2H3;1-2H3. The molecule has 0 spiro atoms. The van der Waals surface area contributed by atoms with Crippen LogP contribution in [0.2, 0.25) is 0 Å². The Balaban J connectivity index is 0.00000172. The van der Waals surface area contributed by atoms with Crippen LogP contribution < -0.4 is 10.1 Å². The highest BCUT2D eigenvalue weighted by atomic mass is 19.4. The molecule has 1 N–H and O–H groups in total. The normalized spacial score (nSPS) is 12.4. The third kappa shape index (κ3) is 6.18. The lowest BCUT2D eigenvalue weighted by atomic mass is 10.3. The average Bonchev–Trinajstić information content (AvgIpc) is 2.39. The van der Waals surface area contributed by atoms with Crippen molar-refractivity contribution in [3.63, 3.8) is 0 Å². The van der Waals surface area contributed by atoms with E-state index in [2.05, 4.69) is 10.3 Å². The molecule has 0 aromatic carbocycles. The molecule has 0 bridgehead atoms. The van der Waals surface area contributed by atoms with Crippen LogP contribution in [0.15, 0.2) is 12.3 Å². The molecule has 0 amide bonds. The number of hydrogen-bond acceptors (Lipinski definition) is 3. The summed E-state index contributed by atoms with van der Waals surface area (Å²) < 4.78 is 55.1. The Kier molecular flexibility index (Phi) is 8.13. The van der Waals surface area contributed by atoms with Crippen LogP contribution in [0.25, 0.3) is 0 Å². The highest BCUT2D eigenvalue weighted by molar-refractivity contribution is 5.22. The van der Waals surface area contributed by atoms with Crippen molar-refractivity contribution >= 4 is 0 Å². The lowest BCUT2D eigenvalue weighted by Crippen LogP contribution is -2.31. The third-order valence-electron chi connectivity index (χ3n) is 2.16. The largest absolute Gasteiger partial charge is 0.474 e. The van der Waals surface area contributed by atoms with Gasteiger partial charge >= 0.3 is 6.18 Å². The zero-order chi connectivity index (χ0) is 15.8. The average molecular weight is 296 g/mol. The first-order valence-corrected chi connectivity index (χ1v) is 6.43. The lowest BCUT2D eigenvalue weighted by Gasteiger charge is -2.14. The van der Waals surface area contributed by atoms with Gasteiger partial charge in [0.2, 0.25) is 5.88 Å². The first-order valence-electron chi connectivity index (χ1n) is 6.43. The molecule has 0 aliphatic heterocycles. The summed E-state index contributed by atoms with van der Waals surface area (Å²) in [5.41, 5.74) is -1.13. The number of nitrogens with zero attached hydrogens (tertiary/aromatic N) is 1. The molecule has 0 saturated carbocycles. The Bertz CT molecular complexity index is 396. The zero-order valence-electron chi connectivity index (χ0n) is 12.0. The molecule has 0 aliphatic rings. The number of rotatable bonds is 5. The van der Waals surface area contributed by atoms with Gasteiger partial charge in [0.15, 0.2) is 5.82 Å². The van der Waals surface area contributed by atoms with E-state index in [-0.39, 0.29) is 12.6 Å². The van der Waals surface area contributed by atoms with Crippen LogP contribution in [0, 0.1) is 5.82 Å². The van der Waals surface area contributed by atoms with Gasteiger partial charge in [-0.3, -0.25) is 0 Å². The number of likely N-dealkylation sites (N-methyl/N-ethyl adjacent to an activating group) is 1. The summed E-state index contributed by atoms with van der Waals surface area (Å²) in [5, 5.41) is 3.02. The van der Waals surface area contributed by atoms with Crippen LogP contribution in [-0.4, -0.2) is 24.2 Å². The van der Waals surface area contributed by atoms with E-state index in [4.69, 9.17) is 4.74 Å². The van der Waals surface area contributed by atoms with E-state index >= 15 is 0 Å². The van der Waals surface area contributed by atoms with Crippen molar-refractivity contribution in [2.24, 2.45) is 0 Å². The van der Waals surface area contributed by atoms with E-state index in [1.807, 2.05) is 27.7 Å². The molecule has 7 heteroatoms. The topological polar surface area (TPSA) is 34.1 Å². The summed E-state index contributed by atoms with van der Waals surface area (Å²) in [5.74, 6) is -1.54. The summed E-state index contributed by atoms with van der Waals surface area (Å²) in [6.45, 7) is 8.55. The summed E-state index contributed by atoms with van der Waals surface area (Å²) >= 11 is 0. The number of aromatic nitrogens is 1. The molecular weight excluding hydrogens is 276 g/mol. The molecule has 20 heavy (non-hydrogen) atoms. The second-order valence-electron chi connectivity index (χ2n) is 3.78. The fourth-order valence-electron chi connectivity index (χ4n) is 1.30. The molecule has 0 aliphatic carbocycles. The number of pyridine rings is 1. The molecule has 1 atom stereocenters. The van der Waals surface area contributed by atoms with Gasteiger partial charge in [-0.25, -0.2) is 9.37 Å². The van der Waals surface area contributed by atoms with Crippen LogP contribution in [-0.2, 0) is 6.18 Å². The molecule has 1 rings (SSSR count). The van der Waals surface area contributed by atoms with Gasteiger partial charge in [-0.2, -0.15) is 13.2 Å². The maximum Gasteiger partial charge on any atom is 0.417 e. The molecule has 1 unspecified atom stereocenters. The summed E-state index contributed by atoms with van der Waals surface area (Å²) in [6.07, 6.45) is -4.06. The predicted molar refractivity (Wildman–Crippen MR) is 69.2 cm³/mol. The quantitative estimate of drug-likeness (QED) is 0.842. The first-order chi connectivity index (χ1) is 9.34. The highest BCUT2D eigenvalue weighted by Crippen LogP contribution is 2.30. The van der Waals surface area contributed by atoms with Gasteiger partial charge in [0.05, 0.1) is 5.56 Å². The zero-order valence-corrected chi connectivity index (χ0v) is 12.0. The monoisotopic (exact) mass is 296 g/mol. The van der Waals surface area contributed by atoms with Crippen LogP contribution >= 0.6 is 0 Å². The van der Waals surface area contributed by atoms with Crippen LogP contribution in [0.3, 0.4) is 0 Å². The Labute approximate surface area is 116 Å². The molecule has 1 aromatic heterocycles. The smallest absolute Gasteiger partial charge is 0.417 e. The second-order valence-corrected chi connectivity index (χ2v) is 3.78. The minimum absolute atomic E-state index is 0.0431. The van der Waals surface area contributed by atoms with E-state index < -0.39 is 23.4 Å². The number of alkyl halides is 3. The molecule has 1 aromatic rings. The minimum Gasteiger partial charge on any atom is -0.474 e. The van der Waals surface area contributed by atoms with Crippen molar-refractivity contribution in [3.05, 3.63) is 23.6 Å². The molecule has 0 fully saturated rings. The Morgan fingerprint density at radius 2 is 1.95 bits per heavy atom. The lowest BCUT2D eigenvalue weighted by molar-refractivity contribution is -0.138. The molecule has 0 saturated heterocycles. The van der Waals surface area contributed by atoms with E-state index in [0.717, 1.165) is 0 Å². The van der Waals surface area contributed by atoms with Crippen molar-refractivity contribution in [2.75, 3.05) is 13.2 Å².